The van der Waals surface area contributed by atoms with Crippen molar-refractivity contribution in [3.8, 4) is 0 Å². The predicted octanol–water partition coefficient (Wildman–Crippen LogP) is 2.32. The van der Waals surface area contributed by atoms with Crippen molar-refractivity contribution in [3.05, 3.63) is 54.1 Å². The first-order valence-corrected chi connectivity index (χ1v) is 6.82. The highest BCUT2D eigenvalue weighted by Gasteiger charge is 2.07. The molecule has 0 saturated carbocycles. The number of aryl methyl sites for hydroxylation is 2. The SMILES string of the molecule is Cc1nn(C)c2ncc(NC(=O)C=Cc3cccnc3)cc12. The van der Waals surface area contributed by atoms with Crippen LogP contribution in [0.15, 0.2) is 42.9 Å². The number of anilines is 1. The molecular weight excluding hydrogens is 278 g/mol. The van der Waals surface area contributed by atoms with Crippen molar-refractivity contribution in [3.63, 3.8) is 0 Å². The quantitative estimate of drug-likeness (QED) is 0.752. The average molecular weight is 293 g/mol. The number of hydrogen-bond donors (Lipinski definition) is 1. The second kappa shape index (κ2) is 5.77. The molecule has 3 aromatic rings. The van der Waals surface area contributed by atoms with Gasteiger partial charge in [0.2, 0.25) is 5.91 Å². The maximum atomic E-state index is 11.9. The Labute approximate surface area is 127 Å². The summed E-state index contributed by atoms with van der Waals surface area (Å²) in [5.41, 5.74) is 3.19. The molecule has 0 fully saturated rings. The van der Waals surface area contributed by atoms with Gasteiger partial charge in [0.15, 0.2) is 5.65 Å². The van der Waals surface area contributed by atoms with E-state index >= 15 is 0 Å². The third kappa shape index (κ3) is 2.85. The molecule has 0 spiro atoms. The van der Waals surface area contributed by atoms with E-state index in [9.17, 15) is 4.79 Å². The van der Waals surface area contributed by atoms with Crippen LogP contribution in [0.1, 0.15) is 11.3 Å². The molecule has 0 aliphatic heterocycles. The number of fused-ring (bicyclic) bond motifs is 1. The monoisotopic (exact) mass is 293 g/mol. The Hall–Kier alpha value is -3.02. The van der Waals surface area contributed by atoms with Crippen LogP contribution in [0.5, 0.6) is 0 Å². The zero-order valence-corrected chi connectivity index (χ0v) is 12.3. The third-order valence-electron chi connectivity index (χ3n) is 3.24. The molecule has 0 saturated heterocycles. The lowest BCUT2D eigenvalue weighted by molar-refractivity contribution is -0.111. The smallest absolute Gasteiger partial charge is 0.248 e. The molecule has 0 atom stereocenters. The fourth-order valence-electron chi connectivity index (χ4n) is 2.21. The molecule has 0 aromatic carbocycles. The molecule has 6 nitrogen and oxygen atoms in total. The highest BCUT2D eigenvalue weighted by atomic mass is 16.1. The summed E-state index contributed by atoms with van der Waals surface area (Å²) in [6, 6.07) is 5.57. The van der Waals surface area contributed by atoms with Gasteiger partial charge in [-0.15, -0.1) is 0 Å². The van der Waals surface area contributed by atoms with Crippen molar-refractivity contribution in [2.75, 3.05) is 5.32 Å². The number of nitrogens with one attached hydrogen (secondary N) is 1. The first-order chi connectivity index (χ1) is 10.6. The summed E-state index contributed by atoms with van der Waals surface area (Å²) in [6.07, 6.45) is 8.19. The summed E-state index contributed by atoms with van der Waals surface area (Å²) < 4.78 is 1.72. The standard InChI is InChI=1S/C16H15N5O/c1-11-14-8-13(10-18-16(14)21(2)20-11)19-15(22)6-5-12-4-3-7-17-9-12/h3-10H,1-2H3,(H,19,22). The van der Waals surface area contributed by atoms with E-state index in [1.165, 1.54) is 6.08 Å². The maximum Gasteiger partial charge on any atom is 0.248 e. The summed E-state index contributed by atoms with van der Waals surface area (Å²) in [6.45, 7) is 1.91. The first kappa shape index (κ1) is 13.9. The first-order valence-electron chi connectivity index (χ1n) is 6.82. The molecule has 0 unspecified atom stereocenters. The summed E-state index contributed by atoms with van der Waals surface area (Å²) in [5.74, 6) is -0.216. The van der Waals surface area contributed by atoms with Crippen LogP contribution in [0.4, 0.5) is 5.69 Å². The number of pyridine rings is 2. The highest BCUT2D eigenvalue weighted by molar-refractivity contribution is 6.02. The van der Waals surface area contributed by atoms with E-state index in [2.05, 4.69) is 20.4 Å². The number of aromatic nitrogens is 4. The van der Waals surface area contributed by atoms with Gasteiger partial charge in [0.05, 0.1) is 17.6 Å². The van der Waals surface area contributed by atoms with Gasteiger partial charge in [-0.1, -0.05) is 6.07 Å². The highest BCUT2D eigenvalue weighted by Crippen LogP contribution is 2.19. The van der Waals surface area contributed by atoms with Crippen molar-refractivity contribution in [2.45, 2.75) is 6.92 Å². The van der Waals surface area contributed by atoms with E-state index in [1.54, 1.807) is 29.3 Å². The fraction of sp³-hybridized carbons (Fsp3) is 0.125. The van der Waals surface area contributed by atoms with E-state index in [0.717, 1.165) is 22.3 Å². The Morgan fingerprint density at radius 2 is 2.23 bits per heavy atom. The Kier molecular flexibility index (Phi) is 3.65. The van der Waals surface area contributed by atoms with Gasteiger partial charge in [-0.25, -0.2) is 4.98 Å². The normalized spacial score (nSPS) is 11.2. The van der Waals surface area contributed by atoms with Crippen LogP contribution in [-0.2, 0) is 11.8 Å². The Bertz CT molecular complexity index is 852. The molecule has 1 amide bonds. The van der Waals surface area contributed by atoms with Crippen LogP contribution in [-0.4, -0.2) is 25.7 Å². The second-order valence-electron chi connectivity index (χ2n) is 4.91. The number of nitrogens with zero attached hydrogens (tertiary/aromatic N) is 4. The van der Waals surface area contributed by atoms with Gasteiger partial charge in [-0.3, -0.25) is 14.5 Å². The van der Waals surface area contributed by atoms with Gasteiger partial charge in [0.1, 0.15) is 0 Å². The molecule has 110 valence electrons. The molecule has 0 radical (unpaired) electrons. The minimum absolute atomic E-state index is 0.216. The summed E-state index contributed by atoms with van der Waals surface area (Å²) in [4.78, 5) is 20.3. The lowest BCUT2D eigenvalue weighted by Crippen LogP contribution is -2.08. The molecule has 3 heterocycles. The molecule has 0 aliphatic rings. The van der Waals surface area contributed by atoms with Gasteiger partial charge in [-0.05, 0) is 30.7 Å². The van der Waals surface area contributed by atoms with Crippen LogP contribution in [0, 0.1) is 6.92 Å². The van der Waals surface area contributed by atoms with Crippen LogP contribution in [0.25, 0.3) is 17.1 Å². The zero-order valence-electron chi connectivity index (χ0n) is 12.3. The minimum atomic E-state index is -0.216. The molecule has 1 N–H and O–H groups in total. The largest absolute Gasteiger partial charge is 0.321 e. The van der Waals surface area contributed by atoms with Crippen molar-refractivity contribution < 1.29 is 4.79 Å². The molecule has 0 aliphatic carbocycles. The number of carbonyl (C=O) groups is 1. The molecule has 6 heteroatoms. The maximum absolute atomic E-state index is 11.9. The van der Waals surface area contributed by atoms with Gasteiger partial charge < -0.3 is 5.32 Å². The number of carbonyl (C=O) groups excluding carboxylic acids is 1. The van der Waals surface area contributed by atoms with Gasteiger partial charge >= 0.3 is 0 Å². The van der Waals surface area contributed by atoms with Gasteiger partial charge in [0, 0.05) is 30.9 Å². The topological polar surface area (TPSA) is 72.7 Å². The number of hydrogen-bond acceptors (Lipinski definition) is 4. The second-order valence-corrected chi connectivity index (χ2v) is 4.91. The molecule has 3 rings (SSSR count). The van der Waals surface area contributed by atoms with Gasteiger partial charge in [-0.2, -0.15) is 5.10 Å². The van der Waals surface area contributed by atoms with Gasteiger partial charge in [0.25, 0.3) is 0 Å². The van der Waals surface area contributed by atoms with Crippen LogP contribution in [0.2, 0.25) is 0 Å². The van der Waals surface area contributed by atoms with E-state index < -0.39 is 0 Å². The predicted molar refractivity (Wildman–Crippen MR) is 85.1 cm³/mol. The molecule has 0 bridgehead atoms. The molecular formula is C16H15N5O. The number of rotatable bonds is 3. The Morgan fingerprint density at radius 1 is 1.36 bits per heavy atom. The minimum Gasteiger partial charge on any atom is -0.321 e. The number of amides is 1. The lowest BCUT2D eigenvalue weighted by Gasteiger charge is -2.02. The van der Waals surface area contributed by atoms with E-state index in [-0.39, 0.29) is 5.91 Å². The van der Waals surface area contributed by atoms with Crippen LogP contribution < -0.4 is 5.32 Å². The average Bonchev–Trinajstić information content (AvgIpc) is 2.81. The Balaban J connectivity index is 1.77. The van der Waals surface area contributed by atoms with Crippen molar-refractivity contribution in [1.29, 1.82) is 0 Å². The van der Waals surface area contributed by atoms with E-state index in [4.69, 9.17) is 0 Å². The fourth-order valence-corrected chi connectivity index (χ4v) is 2.21. The van der Waals surface area contributed by atoms with Crippen molar-refractivity contribution in [2.24, 2.45) is 7.05 Å². The van der Waals surface area contributed by atoms with Crippen LogP contribution in [0.3, 0.4) is 0 Å². The summed E-state index contributed by atoms with van der Waals surface area (Å²) >= 11 is 0. The zero-order chi connectivity index (χ0) is 15.5. The summed E-state index contributed by atoms with van der Waals surface area (Å²) in [5, 5.41) is 8.03. The van der Waals surface area contributed by atoms with E-state index in [0.29, 0.717) is 5.69 Å². The van der Waals surface area contributed by atoms with E-state index in [1.807, 2.05) is 32.2 Å². The molecule has 22 heavy (non-hydrogen) atoms. The third-order valence-corrected chi connectivity index (χ3v) is 3.24. The lowest BCUT2D eigenvalue weighted by atomic mass is 10.2. The molecule has 3 aromatic heterocycles. The van der Waals surface area contributed by atoms with Crippen molar-refractivity contribution in [1.82, 2.24) is 19.7 Å². The van der Waals surface area contributed by atoms with Crippen molar-refractivity contribution >= 4 is 28.7 Å². The summed E-state index contributed by atoms with van der Waals surface area (Å²) in [7, 11) is 1.84. The van der Waals surface area contributed by atoms with Crippen LogP contribution >= 0.6 is 0 Å². The Morgan fingerprint density at radius 3 is 3.00 bits per heavy atom.